The highest BCUT2D eigenvalue weighted by atomic mass is 31.2. The van der Waals surface area contributed by atoms with E-state index >= 15 is 0 Å². The van der Waals surface area contributed by atoms with Crippen LogP contribution in [-0.4, -0.2) is 103 Å². The number of fused-ring (bicyclic) bond motifs is 1. The lowest BCUT2D eigenvalue weighted by molar-refractivity contribution is -0.118. The molecule has 1 aliphatic rings. The summed E-state index contributed by atoms with van der Waals surface area (Å²) in [4.78, 5) is 27.6. The van der Waals surface area contributed by atoms with E-state index in [2.05, 4.69) is 116 Å². The fourth-order valence-electron chi connectivity index (χ4n) is 9.01. The molecule has 0 aliphatic carbocycles. The van der Waals surface area contributed by atoms with E-state index in [-0.39, 0.29) is 54.6 Å². The molecule has 5 atom stereocenters. The zero-order valence-corrected chi connectivity index (χ0v) is 48.5. The first-order valence-electron chi connectivity index (χ1n) is 25.9. The van der Waals surface area contributed by atoms with Crippen LogP contribution in [0.1, 0.15) is 104 Å². The largest absolute Gasteiger partial charge is 0.497 e. The lowest BCUT2D eigenvalue weighted by Gasteiger charge is -2.42. The summed E-state index contributed by atoms with van der Waals surface area (Å²) in [5, 5.41) is 12.4. The van der Waals surface area contributed by atoms with E-state index in [9.17, 15) is 10.1 Å². The van der Waals surface area contributed by atoms with E-state index in [1.165, 1.54) is 6.33 Å². The van der Waals surface area contributed by atoms with Crippen LogP contribution in [0, 0.1) is 11.3 Å². The van der Waals surface area contributed by atoms with Crippen molar-refractivity contribution in [1.82, 2.24) is 24.2 Å². The van der Waals surface area contributed by atoms with Crippen molar-refractivity contribution >= 4 is 39.7 Å². The van der Waals surface area contributed by atoms with Crippen molar-refractivity contribution in [3.05, 3.63) is 138 Å². The van der Waals surface area contributed by atoms with Crippen LogP contribution in [0.4, 0.5) is 5.82 Å². The van der Waals surface area contributed by atoms with E-state index in [1.54, 1.807) is 20.5 Å². The van der Waals surface area contributed by atoms with Crippen LogP contribution in [-0.2, 0) is 38.8 Å². The van der Waals surface area contributed by atoms with Gasteiger partial charge in [0.05, 0.1) is 46.3 Å². The summed E-state index contributed by atoms with van der Waals surface area (Å²) >= 11 is 0. The van der Waals surface area contributed by atoms with E-state index in [0.29, 0.717) is 28.4 Å². The number of rotatable bonds is 23. The average molecular weight is 1070 g/mol. The van der Waals surface area contributed by atoms with Gasteiger partial charge < -0.3 is 42.5 Å². The molecule has 0 saturated carbocycles. The van der Waals surface area contributed by atoms with Gasteiger partial charge in [0, 0.05) is 12.1 Å². The second kappa shape index (κ2) is 24.7. The van der Waals surface area contributed by atoms with Crippen LogP contribution in [0.5, 0.6) is 17.2 Å². The van der Waals surface area contributed by atoms with Gasteiger partial charge in [-0.1, -0.05) is 108 Å². The van der Waals surface area contributed by atoms with Gasteiger partial charge in [-0.2, -0.15) is 5.26 Å². The summed E-state index contributed by atoms with van der Waals surface area (Å²) < 4.78 is 57.8. The number of benzene rings is 4. The Morgan fingerprint density at radius 2 is 1.36 bits per heavy atom. The SMILES string of the molecule is COc1ccc(C(OC[C@H]2O[C@@H](n3cnc4c(NC(=O)COc5ccc(C(C)(C)C)cc5)ncnc43)[C@@H](O[Si](C)(C)C(C)(C)C)C2OP(OCCC#N)N(C(C)C)C(C)C)(c2ccccc2)c2ccc(OC)cc2)cc1. The number of hydrogen-bond donors (Lipinski definition) is 1. The molecule has 3 heterocycles. The number of amides is 1. The Morgan fingerprint density at radius 1 is 0.789 bits per heavy atom. The third-order valence-electron chi connectivity index (χ3n) is 14.0. The number of imidazole rings is 1. The average Bonchev–Trinajstić information content (AvgIpc) is 4.00. The number of hydrogen-bond acceptors (Lipinski definition) is 14. The molecular weight excluding hydrogens is 998 g/mol. The van der Waals surface area contributed by atoms with Crippen molar-refractivity contribution in [1.29, 1.82) is 5.26 Å². The van der Waals surface area contributed by atoms with Crippen molar-refractivity contribution in [2.75, 3.05) is 39.4 Å². The first-order chi connectivity index (χ1) is 36.1. The zero-order chi connectivity index (χ0) is 55.0. The van der Waals surface area contributed by atoms with Crippen LogP contribution in [0.15, 0.2) is 116 Å². The Kier molecular flexibility index (Phi) is 18.8. The molecule has 1 aliphatic heterocycles. The quantitative estimate of drug-likeness (QED) is 0.0278. The Hall–Kier alpha value is -5.80. The fourth-order valence-corrected chi connectivity index (χ4v) is 12.1. The van der Waals surface area contributed by atoms with Crippen molar-refractivity contribution in [3.63, 3.8) is 0 Å². The minimum atomic E-state index is -2.69. The molecule has 0 spiro atoms. The third-order valence-corrected chi connectivity index (χ3v) is 20.6. The third kappa shape index (κ3) is 13.1. The zero-order valence-electron chi connectivity index (χ0n) is 46.6. The molecule has 7 rings (SSSR count). The van der Waals surface area contributed by atoms with Crippen LogP contribution >= 0.6 is 8.53 Å². The van der Waals surface area contributed by atoms with Crippen LogP contribution in [0.25, 0.3) is 11.2 Å². The molecule has 2 aromatic heterocycles. The van der Waals surface area contributed by atoms with Gasteiger partial charge in [0.1, 0.15) is 47.5 Å². The smallest absolute Gasteiger partial charge is 0.263 e. The predicted octanol–water partition coefficient (Wildman–Crippen LogP) is 12.1. The summed E-state index contributed by atoms with van der Waals surface area (Å²) in [7, 11) is -1.24. The minimum absolute atomic E-state index is 0.000935. The highest BCUT2D eigenvalue weighted by Crippen LogP contribution is 2.53. The second-order valence-electron chi connectivity index (χ2n) is 22.0. The maximum atomic E-state index is 13.5. The molecule has 16 nitrogen and oxygen atoms in total. The van der Waals surface area contributed by atoms with Crippen molar-refractivity contribution in [2.24, 2.45) is 0 Å². The van der Waals surface area contributed by atoms with Gasteiger partial charge in [-0.3, -0.25) is 9.36 Å². The van der Waals surface area contributed by atoms with Crippen LogP contribution < -0.4 is 19.5 Å². The maximum Gasteiger partial charge on any atom is 0.263 e. The Bertz CT molecular complexity index is 2810. The van der Waals surface area contributed by atoms with Gasteiger partial charge in [0.25, 0.3) is 14.4 Å². The monoisotopic (exact) mass is 1070 g/mol. The molecule has 406 valence electrons. The molecule has 1 saturated heterocycles. The summed E-state index contributed by atoms with van der Waals surface area (Å²) in [6.07, 6.45) is -0.147. The number of ether oxygens (including phenoxy) is 5. The van der Waals surface area contributed by atoms with Crippen molar-refractivity contribution in [2.45, 2.75) is 141 Å². The number of anilines is 1. The number of aromatic nitrogens is 4. The Balaban J connectivity index is 1.35. The number of nitrogens with one attached hydrogen (secondary N) is 1. The highest BCUT2D eigenvalue weighted by Gasteiger charge is 2.54. The van der Waals surface area contributed by atoms with E-state index in [4.69, 9.17) is 47.1 Å². The molecule has 6 aromatic rings. The lowest BCUT2D eigenvalue weighted by atomic mass is 9.80. The van der Waals surface area contributed by atoms with Crippen LogP contribution in [0.3, 0.4) is 0 Å². The maximum absolute atomic E-state index is 13.5. The van der Waals surface area contributed by atoms with E-state index in [0.717, 1.165) is 22.3 Å². The molecule has 76 heavy (non-hydrogen) atoms. The normalized spacial score (nSPS) is 17.8. The molecule has 1 amide bonds. The number of carbonyl (C=O) groups is 1. The highest BCUT2D eigenvalue weighted by molar-refractivity contribution is 7.44. The predicted molar refractivity (Wildman–Crippen MR) is 299 cm³/mol. The molecule has 4 aromatic carbocycles. The lowest BCUT2D eigenvalue weighted by Crippen LogP contribution is -2.50. The Labute approximate surface area is 451 Å². The molecular formula is C58H76N7O9PSi. The molecule has 0 bridgehead atoms. The second-order valence-corrected chi connectivity index (χ2v) is 28.2. The first-order valence-corrected chi connectivity index (χ1v) is 29.9. The first kappa shape index (κ1) is 57.9. The van der Waals surface area contributed by atoms with Gasteiger partial charge in [-0.05, 0) is 110 Å². The number of nitrogens with zero attached hydrogens (tertiary/aromatic N) is 6. The molecule has 18 heteroatoms. The summed E-state index contributed by atoms with van der Waals surface area (Å²) in [6.45, 7) is 25.7. The van der Waals surface area contributed by atoms with Crippen molar-refractivity contribution < 1.29 is 42.0 Å². The fraction of sp³-hybridized carbons (Fsp3) is 0.466. The van der Waals surface area contributed by atoms with Crippen LogP contribution in [0.2, 0.25) is 18.1 Å². The van der Waals surface area contributed by atoms with Gasteiger partial charge in [-0.15, -0.1) is 0 Å². The van der Waals surface area contributed by atoms with Gasteiger partial charge in [-0.25, -0.2) is 19.6 Å². The summed E-state index contributed by atoms with van der Waals surface area (Å²) in [5.74, 6) is 1.75. The topological polar surface area (TPSA) is 174 Å². The van der Waals surface area contributed by atoms with Gasteiger partial charge >= 0.3 is 0 Å². The van der Waals surface area contributed by atoms with Gasteiger partial charge in [0.2, 0.25) is 0 Å². The molecule has 0 radical (unpaired) electrons. The van der Waals surface area contributed by atoms with Gasteiger partial charge in [0.15, 0.2) is 38.1 Å². The minimum Gasteiger partial charge on any atom is -0.497 e. The molecule has 2 unspecified atom stereocenters. The molecule has 1 N–H and O–H groups in total. The molecule has 1 fully saturated rings. The van der Waals surface area contributed by atoms with Crippen molar-refractivity contribution in [3.8, 4) is 23.3 Å². The Morgan fingerprint density at radius 3 is 1.89 bits per heavy atom. The summed E-state index contributed by atoms with van der Waals surface area (Å²) in [6, 6.07) is 35.8. The summed E-state index contributed by atoms with van der Waals surface area (Å²) in [5.41, 5.74) is 3.21. The number of methoxy groups -OCH3 is 2. The standard InChI is InChI=1S/C58H76N7O9PSi/c1-39(2)65(40(3)4)75(71-34-18-33-59)73-51-48(35-70-58(42-19-16-15-17-20-42,43-23-27-45(67-11)28-24-43)44-25-29-46(68-12)30-26-44)72-55(52(51)74-76(13,14)57(8,9)10)64-38-62-50-53(60-37-61-54(50)64)63-49(66)36-69-47-31-21-41(22-32-47)56(5,6)7/h15-17,19-32,37-40,48,51-52,55H,18,34-36H2,1-14H3,(H,60,61,63,66)/t48-,51?,52+,55-,75?/m1/s1. The number of nitriles is 1. The van der Waals surface area contributed by atoms with E-state index in [1.807, 2.05) is 95.6 Å². The van der Waals surface area contributed by atoms with E-state index < -0.39 is 52.9 Å². The number of carbonyl (C=O) groups excluding carboxylic acids is 1.